The number of amides is 1. The van der Waals surface area contributed by atoms with Crippen molar-refractivity contribution in [3.8, 4) is 0 Å². The van der Waals surface area contributed by atoms with Crippen molar-refractivity contribution in [2.24, 2.45) is 5.92 Å². The van der Waals surface area contributed by atoms with Crippen LogP contribution in [0, 0.1) is 5.92 Å². The van der Waals surface area contributed by atoms with E-state index in [9.17, 15) is 9.90 Å². The number of rotatable bonds is 6. The molecule has 0 fully saturated rings. The second-order valence-corrected chi connectivity index (χ2v) is 5.71. The van der Waals surface area contributed by atoms with Crippen LogP contribution in [0.1, 0.15) is 16.1 Å². The van der Waals surface area contributed by atoms with Crippen molar-refractivity contribution < 1.29 is 9.90 Å². The molecule has 4 nitrogen and oxygen atoms in total. The molecule has 2 rings (SSSR count). The number of carbonyl (C=O) groups excluding carboxylic acids is 1. The van der Waals surface area contributed by atoms with Gasteiger partial charge in [0.05, 0.1) is 0 Å². The molecule has 0 spiro atoms. The van der Waals surface area contributed by atoms with Gasteiger partial charge in [-0.2, -0.15) is 0 Å². The number of nitrogens with one attached hydrogen (secondary N) is 1. The van der Waals surface area contributed by atoms with E-state index in [-0.39, 0.29) is 18.4 Å². The van der Waals surface area contributed by atoms with Gasteiger partial charge in [0.15, 0.2) is 0 Å². The SMILES string of the molecule is O=C(NC[C@@H](CO)Cc1ccccn1)c1ccc(Br)cc1. The Bertz CT molecular complexity index is 573. The van der Waals surface area contributed by atoms with E-state index in [2.05, 4.69) is 26.2 Å². The molecule has 1 heterocycles. The maximum Gasteiger partial charge on any atom is 0.251 e. The normalized spacial score (nSPS) is 11.9. The summed E-state index contributed by atoms with van der Waals surface area (Å²) < 4.78 is 0.933. The molecule has 0 aliphatic heterocycles. The van der Waals surface area contributed by atoms with Crippen molar-refractivity contribution in [1.29, 1.82) is 0 Å². The molecule has 0 saturated heterocycles. The molecule has 2 aromatic rings. The zero-order valence-electron chi connectivity index (χ0n) is 11.5. The van der Waals surface area contributed by atoms with E-state index in [1.807, 2.05) is 30.3 Å². The van der Waals surface area contributed by atoms with Crippen LogP contribution in [0.3, 0.4) is 0 Å². The molecule has 0 saturated carbocycles. The average Bonchev–Trinajstić information content (AvgIpc) is 2.52. The Balaban J connectivity index is 1.88. The first-order chi connectivity index (χ1) is 10.2. The molecule has 1 aromatic heterocycles. The Kier molecular flexibility index (Phi) is 5.90. The Hall–Kier alpha value is -1.72. The second-order valence-electron chi connectivity index (χ2n) is 4.79. The lowest BCUT2D eigenvalue weighted by atomic mass is 10.0. The maximum atomic E-state index is 12.0. The predicted molar refractivity (Wildman–Crippen MR) is 85.0 cm³/mol. The highest BCUT2D eigenvalue weighted by Gasteiger charge is 2.12. The van der Waals surface area contributed by atoms with Gasteiger partial charge < -0.3 is 10.4 Å². The molecule has 1 atom stereocenters. The van der Waals surface area contributed by atoms with Crippen LogP contribution >= 0.6 is 15.9 Å². The van der Waals surface area contributed by atoms with Gasteiger partial charge in [0.1, 0.15) is 0 Å². The van der Waals surface area contributed by atoms with Crippen molar-refractivity contribution in [3.05, 3.63) is 64.4 Å². The molecule has 21 heavy (non-hydrogen) atoms. The summed E-state index contributed by atoms with van der Waals surface area (Å²) in [4.78, 5) is 16.2. The highest BCUT2D eigenvalue weighted by atomic mass is 79.9. The van der Waals surface area contributed by atoms with Gasteiger partial charge in [-0.25, -0.2) is 0 Å². The lowest BCUT2D eigenvalue weighted by molar-refractivity contribution is 0.0940. The van der Waals surface area contributed by atoms with Crippen LogP contribution in [-0.2, 0) is 6.42 Å². The van der Waals surface area contributed by atoms with Crippen LogP contribution in [-0.4, -0.2) is 29.1 Å². The van der Waals surface area contributed by atoms with Gasteiger partial charge in [0.2, 0.25) is 0 Å². The van der Waals surface area contributed by atoms with E-state index in [0.29, 0.717) is 18.5 Å². The molecule has 110 valence electrons. The Morgan fingerprint density at radius 3 is 2.62 bits per heavy atom. The minimum Gasteiger partial charge on any atom is -0.396 e. The third-order valence-electron chi connectivity index (χ3n) is 3.14. The molecule has 2 N–H and O–H groups in total. The van der Waals surface area contributed by atoms with Gasteiger partial charge in [0.25, 0.3) is 5.91 Å². The first-order valence-electron chi connectivity index (χ1n) is 6.73. The minimum atomic E-state index is -0.137. The van der Waals surface area contributed by atoms with Gasteiger partial charge in [-0.15, -0.1) is 0 Å². The number of aromatic nitrogens is 1. The Morgan fingerprint density at radius 1 is 1.24 bits per heavy atom. The van der Waals surface area contributed by atoms with Crippen molar-refractivity contribution in [2.45, 2.75) is 6.42 Å². The van der Waals surface area contributed by atoms with E-state index in [4.69, 9.17) is 0 Å². The van der Waals surface area contributed by atoms with Crippen molar-refractivity contribution in [2.75, 3.05) is 13.2 Å². The summed E-state index contributed by atoms with van der Waals surface area (Å²) in [5.41, 5.74) is 1.52. The molecule has 0 aliphatic carbocycles. The van der Waals surface area contributed by atoms with E-state index in [1.165, 1.54) is 0 Å². The van der Waals surface area contributed by atoms with Crippen LogP contribution in [0.4, 0.5) is 0 Å². The summed E-state index contributed by atoms with van der Waals surface area (Å²) in [6, 6.07) is 12.8. The first-order valence-corrected chi connectivity index (χ1v) is 7.53. The molecule has 0 radical (unpaired) electrons. The molecule has 1 aromatic carbocycles. The molecule has 0 aliphatic rings. The quantitative estimate of drug-likeness (QED) is 0.842. The zero-order valence-corrected chi connectivity index (χ0v) is 13.1. The summed E-state index contributed by atoms with van der Waals surface area (Å²) in [6.45, 7) is 0.430. The number of aliphatic hydroxyl groups is 1. The standard InChI is InChI=1S/C16H17BrN2O2/c17-14-6-4-13(5-7-14)16(21)19-10-12(11-20)9-15-3-1-2-8-18-15/h1-8,12,20H,9-11H2,(H,19,21)/t12-/m0/s1. The highest BCUT2D eigenvalue weighted by Crippen LogP contribution is 2.11. The summed E-state index contributed by atoms with van der Waals surface area (Å²) >= 11 is 3.33. The molecular formula is C16H17BrN2O2. The molecular weight excluding hydrogens is 332 g/mol. The molecule has 1 amide bonds. The Morgan fingerprint density at radius 2 is 2.00 bits per heavy atom. The first kappa shape index (κ1) is 15.7. The van der Waals surface area contributed by atoms with E-state index >= 15 is 0 Å². The fraction of sp³-hybridized carbons (Fsp3) is 0.250. The average molecular weight is 349 g/mol. The topological polar surface area (TPSA) is 62.2 Å². The fourth-order valence-electron chi connectivity index (χ4n) is 1.96. The Labute approximate surface area is 132 Å². The maximum absolute atomic E-state index is 12.0. The van der Waals surface area contributed by atoms with Gasteiger partial charge in [-0.05, 0) is 42.8 Å². The second kappa shape index (κ2) is 7.90. The van der Waals surface area contributed by atoms with Gasteiger partial charge >= 0.3 is 0 Å². The number of carbonyl (C=O) groups is 1. The van der Waals surface area contributed by atoms with Crippen LogP contribution < -0.4 is 5.32 Å². The number of nitrogens with zero attached hydrogens (tertiary/aromatic N) is 1. The van der Waals surface area contributed by atoms with Crippen molar-refractivity contribution >= 4 is 21.8 Å². The van der Waals surface area contributed by atoms with Gasteiger partial charge in [-0.1, -0.05) is 22.0 Å². The summed E-state index contributed by atoms with van der Waals surface area (Å²) in [5.74, 6) is -0.179. The molecule has 0 bridgehead atoms. The van der Waals surface area contributed by atoms with Gasteiger partial charge in [-0.3, -0.25) is 9.78 Å². The van der Waals surface area contributed by atoms with E-state index in [0.717, 1.165) is 10.2 Å². The molecule has 5 heteroatoms. The van der Waals surface area contributed by atoms with Crippen molar-refractivity contribution in [1.82, 2.24) is 10.3 Å². The number of halogens is 1. The number of benzene rings is 1. The number of aliphatic hydroxyl groups excluding tert-OH is 1. The smallest absolute Gasteiger partial charge is 0.251 e. The van der Waals surface area contributed by atoms with Gasteiger partial charge in [0, 0.05) is 41.0 Å². The summed E-state index contributed by atoms with van der Waals surface area (Å²) in [5, 5.41) is 12.3. The monoisotopic (exact) mass is 348 g/mol. The third-order valence-corrected chi connectivity index (χ3v) is 3.67. The van der Waals surface area contributed by atoms with E-state index in [1.54, 1.807) is 18.3 Å². The largest absolute Gasteiger partial charge is 0.396 e. The highest BCUT2D eigenvalue weighted by molar-refractivity contribution is 9.10. The third kappa shape index (κ3) is 4.95. The predicted octanol–water partition coefficient (Wildman–Crippen LogP) is 2.43. The lowest BCUT2D eigenvalue weighted by Gasteiger charge is -2.14. The van der Waals surface area contributed by atoms with Crippen LogP contribution in [0.5, 0.6) is 0 Å². The van der Waals surface area contributed by atoms with E-state index < -0.39 is 0 Å². The van der Waals surface area contributed by atoms with Crippen LogP contribution in [0.15, 0.2) is 53.1 Å². The summed E-state index contributed by atoms with van der Waals surface area (Å²) in [6.07, 6.45) is 2.36. The molecule has 0 unspecified atom stereocenters. The minimum absolute atomic E-state index is 0.0111. The van der Waals surface area contributed by atoms with Crippen LogP contribution in [0.2, 0.25) is 0 Å². The fourth-order valence-corrected chi connectivity index (χ4v) is 2.22. The number of hydrogen-bond donors (Lipinski definition) is 2. The number of hydrogen-bond acceptors (Lipinski definition) is 3. The summed E-state index contributed by atoms with van der Waals surface area (Å²) in [7, 11) is 0. The van der Waals surface area contributed by atoms with Crippen LogP contribution in [0.25, 0.3) is 0 Å². The zero-order chi connectivity index (χ0) is 15.1. The lowest BCUT2D eigenvalue weighted by Crippen LogP contribution is -2.32. The van der Waals surface area contributed by atoms with Crippen molar-refractivity contribution in [3.63, 3.8) is 0 Å². The number of pyridine rings is 1.